The molecule has 2 aromatic rings. The maximum atomic E-state index is 12.0. The van der Waals surface area contributed by atoms with E-state index in [9.17, 15) is 4.79 Å². The molecular formula is C20H23N5O4. The molecule has 152 valence electrons. The van der Waals surface area contributed by atoms with E-state index < -0.39 is 0 Å². The summed E-state index contributed by atoms with van der Waals surface area (Å²) in [6.07, 6.45) is 4.78. The van der Waals surface area contributed by atoms with Crippen LogP contribution in [0.4, 0.5) is 11.6 Å². The van der Waals surface area contributed by atoms with Crippen LogP contribution < -0.4 is 25.0 Å². The molecule has 1 fully saturated rings. The van der Waals surface area contributed by atoms with Crippen LogP contribution in [0.5, 0.6) is 11.5 Å². The van der Waals surface area contributed by atoms with Crippen molar-refractivity contribution >= 4 is 23.6 Å². The zero-order valence-electron chi connectivity index (χ0n) is 16.0. The van der Waals surface area contributed by atoms with Gasteiger partial charge < -0.3 is 29.7 Å². The van der Waals surface area contributed by atoms with E-state index in [2.05, 4.69) is 25.5 Å². The number of morpholine rings is 1. The molecule has 0 saturated carbocycles. The Morgan fingerprint density at radius 3 is 2.86 bits per heavy atom. The number of nitrogens with one attached hydrogen (secondary N) is 2. The van der Waals surface area contributed by atoms with Gasteiger partial charge in [-0.3, -0.25) is 4.79 Å². The van der Waals surface area contributed by atoms with E-state index in [4.69, 9.17) is 14.2 Å². The van der Waals surface area contributed by atoms with Crippen molar-refractivity contribution in [3.05, 3.63) is 42.2 Å². The van der Waals surface area contributed by atoms with Crippen LogP contribution in [0.3, 0.4) is 0 Å². The summed E-state index contributed by atoms with van der Waals surface area (Å²) >= 11 is 0. The lowest BCUT2D eigenvalue weighted by Gasteiger charge is -2.27. The molecular weight excluding hydrogens is 374 g/mol. The van der Waals surface area contributed by atoms with Gasteiger partial charge in [-0.15, -0.1) is 0 Å². The van der Waals surface area contributed by atoms with Crippen molar-refractivity contribution in [2.45, 2.75) is 0 Å². The normalized spacial score (nSPS) is 15.5. The number of carbonyl (C=O) groups is 1. The highest BCUT2D eigenvalue weighted by Crippen LogP contribution is 2.32. The molecule has 2 N–H and O–H groups in total. The third-order valence-electron chi connectivity index (χ3n) is 4.54. The first kappa shape index (κ1) is 19.0. The van der Waals surface area contributed by atoms with E-state index in [0.717, 1.165) is 36.0 Å². The predicted octanol–water partition coefficient (Wildman–Crippen LogP) is 1.28. The van der Waals surface area contributed by atoms with Crippen molar-refractivity contribution < 1.29 is 19.0 Å². The smallest absolute Gasteiger partial charge is 0.244 e. The van der Waals surface area contributed by atoms with Crippen molar-refractivity contribution in [3.63, 3.8) is 0 Å². The second-order valence-electron chi connectivity index (χ2n) is 6.52. The molecule has 1 amide bonds. The fourth-order valence-electron chi connectivity index (χ4n) is 3.03. The number of carbonyl (C=O) groups excluding carboxylic acids is 1. The van der Waals surface area contributed by atoms with E-state index in [1.807, 2.05) is 24.3 Å². The highest BCUT2D eigenvalue weighted by atomic mass is 16.7. The van der Waals surface area contributed by atoms with Gasteiger partial charge in [-0.05, 0) is 23.8 Å². The van der Waals surface area contributed by atoms with Gasteiger partial charge in [-0.2, -0.15) is 0 Å². The Hall–Kier alpha value is -3.33. The van der Waals surface area contributed by atoms with E-state index in [-0.39, 0.29) is 12.7 Å². The molecule has 1 saturated heterocycles. The Bertz CT molecular complexity index is 883. The fourth-order valence-corrected chi connectivity index (χ4v) is 3.03. The van der Waals surface area contributed by atoms with Gasteiger partial charge in [0.25, 0.3) is 0 Å². The van der Waals surface area contributed by atoms with Crippen molar-refractivity contribution in [2.75, 3.05) is 56.4 Å². The first-order valence-electron chi connectivity index (χ1n) is 9.52. The SMILES string of the molecule is O=C(/C=C/c1ccc2c(c1)OCO2)NCCNc1cc(N2CCOCC2)ncn1. The highest BCUT2D eigenvalue weighted by Gasteiger charge is 2.13. The van der Waals surface area contributed by atoms with Gasteiger partial charge in [0.15, 0.2) is 11.5 Å². The molecule has 0 bridgehead atoms. The summed E-state index contributed by atoms with van der Waals surface area (Å²) in [7, 11) is 0. The van der Waals surface area contributed by atoms with Crippen LogP contribution in [-0.4, -0.2) is 62.1 Å². The number of ether oxygens (including phenoxy) is 3. The first-order chi connectivity index (χ1) is 14.3. The van der Waals surface area contributed by atoms with Crippen LogP contribution in [0.15, 0.2) is 36.7 Å². The lowest BCUT2D eigenvalue weighted by molar-refractivity contribution is -0.116. The molecule has 9 nitrogen and oxygen atoms in total. The van der Waals surface area contributed by atoms with Gasteiger partial charge in [-0.1, -0.05) is 6.07 Å². The van der Waals surface area contributed by atoms with Crippen LogP contribution >= 0.6 is 0 Å². The summed E-state index contributed by atoms with van der Waals surface area (Å²) in [5, 5.41) is 6.04. The van der Waals surface area contributed by atoms with Gasteiger partial charge in [0.05, 0.1) is 13.2 Å². The van der Waals surface area contributed by atoms with Crippen molar-refractivity contribution in [1.82, 2.24) is 15.3 Å². The molecule has 3 heterocycles. The lowest BCUT2D eigenvalue weighted by atomic mass is 10.2. The third kappa shape index (κ3) is 5.14. The molecule has 0 aliphatic carbocycles. The zero-order valence-corrected chi connectivity index (χ0v) is 16.0. The molecule has 2 aliphatic heterocycles. The minimum Gasteiger partial charge on any atom is -0.454 e. The number of hydrogen-bond donors (Lipinski definition) is 2. The second kappa shape index (κ2) is 9.24. The Labute approximate surface area is 168 Å². The van der Waals surface area contributed by atoms with Gasteiger partial charge in [0, 0.05) is 38.3 Å². The van der Waals surface area contributed by atoms with Crippen LogP contribution in [0.1, 0.15) is 5.56 Å². The quantitative estimate of drug-likeness (QED) is 0.533. The summed E-state index contributed by atoms with van der Waals surface area (Å²) in [6, 6.07) is 7.46. The van der Waals surface area contributed by atoms with Gasteiger partial charge in [0.1, 0.15) is 18.0 Å². The molecule has 4 rings (SSSR count). The van der Waals surface area contributed by atoms with Crippen molar-refractivity contribution in [2.24, 2.45) is 0 Å². The maximum Gasteiger partial charge on any atom is 0.244 e. The molecule has 9 heteroatoms. The minimum atomic E-state index is -0.166. The summed E-state index contributed by atoms with van der Waals surface area (Å²) < 4.78 is 16.0. The minimum absolute atomic E-state index is 0.166. The standard InChI is InChI=1S/C20H23N5O4/c26-20(4-2-15-1-3-16-17(11-15)29-14-28-16)22-6-5-21-18-12-19(24-13-23-18)25-7-9-27-10-8-25/h1-4,11-13H,5-10,14H2,(H,22,26)(H,21,23,24)/b4-2+. The summed E-state index contributed by atoms with van der Waals surface area (Å²) in [6.45, 7) is 4.32. The van der Waals surface area contributed by atoms with Crippen molar-refractivity contribution in [3.8, 4) is 11.5 Å². The van der Waals surface area contributed by atoms with E-state index in [0.29, 0.717) is 32.1 Å². The van der Waals surface area contributed by atoms with Gasteiger partial charge in [0.2, 0.25) is 12.7 Å². The topological polar surface area (TPSA) is 97.8 Å². The lowest BCUT2D eigenvalue weighted by Crippen LogP contribution is -2.36. The number of anilines is 2. The first-order valence-corrected chi connectivity index (χ1v) is 9.52. The summed E-state index contributed by atoms with van der Waals surface area (Å²) in [5.41, 5.74) is 0.874. The second-order valence-corrected chi connectivity index (χ2v) is 6.52. The Kier molecular flexibility index (Phi) is 6.06. The Morgan fingerprint density at radius 1 is 1.10 bits per heavy atom. The molecule has 0 atom stereocenters. The fraction of sp³-hybridized carbons (Fsp3) is 0.350. The number of aromatic nitrogens is 2. The Morgan fingerprint density at radius 2 is 1.97 bits per heavy atom. The third-order valence-corrected chi connectivity index (χ3v) is 4.54. The largest absolute Gasteiger partial charge is 0.454 e. The predicted molar refractivity (Wildman–Crippen MR) is 108 cm³/mol. The van der Waals surface area contributed by atoms with E-state index in [1.54, 1.807) is 12.4 Å². The molecule has 1 aromatic heterocycles. The highest BCUT2D eigenvalue weighted by molar-refractivity contribution is 5.91. The van der Waals surface area contributed by atoms with Crippen LogP contribution in [-0.2, 0) is 9.53 Å². The number of fused-ring (bicyclic) bond motifs is 1. The Balaban J connectivity index is 1.21. The van der Waals surface area contributed by atoms with Crippen molar-refractivity contribution in [1.29, 1.82) is 0 Å². The number of hydrogen-bond acceptors (Lipinski definition) is 8. The molecule has 0 spiro atoms. The van der Waals surface area contributed by atoms with Crippen LogP contribution in [0, 0.1) is 0 Å². The van der Waals surface area contributed by atoms with E-state index >= 15 is 0 Å². The molecule has 2 aliphatic rings. The maximum absolute atomic E-state index is 12.0. The number of nitrogens with zero attached hydrogens (tertiary/aromatic N) is 3. The number of benzene rings is 1. The van der Waals surface area contributed by atoms with Gasteiger partial charge in [-0.25, -0.2) is 9.97 Å². The van der Waals surface area contributed by atoms with Crippen LogP contribution in [0.25, 0.3) is 6.08 Å². The van der Waals surface area contributed by atoms with E-state index in [1.165, 1.54) is 6.08 Å². The average molecular weight is 397 g/mol. The van der Waals surface area contributed by atoms with Gasteiger partial charge >= 0.3 is 0 Å². The molecule has 0 radical (unpaired) electrons. The number of rotatable bonds is 7. The summed E-state index contributed by atoms with van der Waals surface area (Å²) in [4.78, 5) is 22.7. The monoisotopic (exact) mass is 397 g/mol. The molecule has 29 heavy (non-hydrogen) atoms. The van der Waals surface area contributed by atoms with Crippen LogP contribution in [0.2, 0.25) is 0 Å². The zero-order chi connectivity index (χ0) is 19.9. The molecule has 1 aromatic carbocycles. The number of amides is 1. The molecule has 0 unspecified atom stereocenters. The average Bonchev–Trinajstić information content (AvgIpc) is 3.24. The summed E-state index contributed by atoms with van der Waals surface area (Å²) in [5.74, 6) is 2.85.